The Hall–Kier alpha value is -0.340. The van der Waals surface area contributed by atoms with Gasteiger partial charge >= 0.3 is 0 Å². The first-order valence-electron chi connectivity index (χ1n) is 4.22. The summed E-state index contributed by atoms with van der Waals surface area (Å²) in [6, 6.07) is 6.77. The molecule has 0 aliphatic rings. The minimum Gasteiger partial charge on any atom is -0.279 e. The molecule has 1 aromatic carbocycles. The van der Waals surface area contributed by atoms with E-state index in [9.17, 15) is 13.2 Å². The molecule has 0 spiro atoms. The fourth-order valence-corrected chi connectivity index (χ4v) is 2.53. The van der Waals surface area contributed by atoms with Crippen molar-refractivity contribution in [3.63, 3.8) is 0 Å². The predicted octanol–water partition coefficient (Wildman–Crippen LogP) is 1.82. The first-order chi connectivity index (χ1) is 7.30. The second-order valence-corrected chi connectivity index (χ2v) is 6.68. The number of hydrogen-bond donors (Lipinski definition) is 0. The number of anilines is 1. The Morgan fingerprint density at radius 1 is 1.38 bits per heavy atom. The van der Waals surface area contributed by atoms with E-state index in [1.807, 2.05) is 0 Å². The number of carbonyl (C=O) groups is 1. The zero-order chi connectivity index (χ0) is 12.3. The van der Waals surface area contributed by atoms with Gasteiger partial charge in [0, 0.05) is 3.57 Å². The Bertz CT molecular complexity index is 486. The lowest BCUT2D eigenvalue weighted by molar-refractivity contribution is -0.110. The summed E-state index contributed by atoms with van der Waals surface area (Å²) in [7, 11) is -3.50. The Balaban J connectivity index is 3.11. The third-order valence-electron chi connectivity index (χ3n) is 1.78. The first-order valence-corrected chi connectivity index (χ1v) is 7.53. The highest BCUT2D eigenvalue weighted by Gasteiger charge is 2.19. The highest BCUT2D eigenvalue weighted by atomic mass is 127. The number of rotatable bonds is 4. The van der Waals surface area contributed by atoms with Crippen LogP contribution in [0.1, 0.15) is 0 Å². The van der Waals surface area contributed by atoms with Crippen LogP contribution in [0.2, 0.25) is 0 Å². The van der Waals surface area contributed by atoms with Gasteiger partial charge in [-0.1, -0.05) is 0 Å². The predicted molar refractivity (Wildman–Crippen MR) is 72.2 cm³/mol. The van der Waals surface area contributed by atoms with Gasteiger partial charge in [0.2, 0.25) is 15.3 Å². The molecule has 0 amide bonds. The van der Waals surface area contributed by atoms with E-state index in [4.69, 9.17) is 11.6 Å². The third kappa shape index (κ3) is 3.91. The molecule has 0 aliphatic carbocycles. The van der Waals surface area contributed by atoms with Crippen molar-refractivity contribution < 1.29 is 13.2 Å². The van der Waals surface area contributed by atoms with Crippen LogP contribution in [0.4, 0.5) is 5.69 Å². The van der Waals surface area contributed by atoms with Crippen molar-refractivity contribution in [2.45, 2.75) is 0 Å². The van der Waals surface area contributed by atoms with Gasteiger partial charge in [-0.25, -0.2) is 8.42 Å². The van der Waals surface area contributed by atoms with Crippen LogP contribution in [0.3, 0.4) is 0 Å². The van der Waals surface area contributed by atoms with Crippen LogP contribution >= 0.6 is 34.2 Å². The van der Waals surface area contributed by atoms with E-state index in [1.165, 1.54) is 0 Å². The smallest absolute Gasteiger partial charge is 0.242 e. The van der Waals surface area contributed by atoms with Gasteiger partial charge < -0.3 is 0 Å². The molecule has 0 aliphatic heterocycles. The van der Waals surface area contributed by atoms with E-state index in [0.29, 0.717) is 5.69 Å². The van der Waals surface area contributed by atoms with E-state index < -0.39 is 15.3 Å². The van der Waals surface area contributed by atoms with Crippen molar-refractivity contribution in [2.24, 2.45) is 0 Å². The summed E-state index contributed by atoms with van der Waals surface area (Å²) < 4.78 is 24.9. The van der Waals surface area contributed by atoms with Gasteiger partial charge in [0.25, 0.3) is 0 Å². The summed E-state index contributed by atoms with van der Waals surface area (Å²) >= 11 is 7.32. The number of carbonyl (C=O) groups excluding carboxylic acids is 1. The maximum atomic E-state index is 11.5. The molecule has 0 heterocycles. The van der Waals surface area contributed by atoms with Gasteiger partial charge in [-0.15, -0.1) is 0 Å². The van der Waals surface area contributed by atoms with E-state index in [-0.39, 0.29) is 6.54 Å². The zero-order valence-corrected chi connectivity index (χ0v) is 12.1. The molecule has 0 radical (unpaired) electrons. The number of benzene rings is 1. The number of nitrogens with zero attached hydrogens (tertiary/aromatic N) is 1. The molecule has 16 heavy (non-hydrogen) atoms. The maximum Gasteiger partial charge on any atom is 0.242 e. The van der Waals surface area contributed by atoms with Crippen LogP contribution in [0.25, 0.3) is 0 Å². The fourth-order valence-electron chi connectivity index (χ4n) is 1.12. The topological polar surface area (TPSA) is 54.5 Å². The normalized spacial score (nSPS) is 11.2. The molecule has 0 aromatic heterocycles. The lowest BCUT2D eigenvalue weighted by Crippen LogP contribution is -2.33. The van der Waals surface area contributed by atoms with E-state index in [0.717, 1.165) is 14.1 Å². The molecular formula is C9H9ClINO3S. The highest BCUT2D eigenvalue weighted by Crippen LogP contribution is 2.19. The molecule has 0 atom stereocenters. The molecule has 7 heteroatoms. The molecule has 0 N–H and O–H groups in total. The summed E-state index contributed by atoms with van der Waals surface area (Å²) in [5.74, 6) is 0. The van der Waals surface area contributed by atoms with Crippen LogP contribution < -0.4 is 4.31 Å². The Labute approximate surface area is 113 Å². The molecule has 1 rings (SSSR count). The van der Waals surface area contributed by atoms with Crippen molar-refractivity contribution in [2.75, 3.05) is 17.1 Å². The van der Waals surface area contributed by atoms with Crippen LogP contribution in [-0.2, 0) is 14.8 Å². The third-order valence-corrected chi connectivity index (χ3v) is 3.76. The van der Waals surface area contributed by atoms with Gasteiger partial charge in [0.05, 0.1) is 11.9 Å². The molecule has 88 valence electrons. The van der Waals surface area contributed by atoms with Crippen LogP contribution in [0.5, 0.6) is 0 Å². The Morgan fingerprint density at radius 3 is 2.25 bits per heavy atom. The minimum atomic E-state index is -3.50. The van der Waals surface area contributed by atoms with Crippen molar-refractivity contribution in [1.29, 1.82) is 0 Å². The molecule has 1 aromatic rings. The maximum absolute atomic E-state index is 11.5. The van der Waals surface area contributed by atoms with Gasteiger partial charge in [0.1, 0.15) is 6.54 Å². The molecule has 0 bridgehead atoms. The summed E-state index contributed by atoms with van der Waals surface area (Å²) in [5, 5.41) is -0.719. The molecular weight excluding hydrogens is 365 g/mol. The van der Waals surface area contributed by atoms with Crippen molar-refractivity contribution in [3.05, 3.63) is 27.8 Å². The van der Waals surface area contributed by atoms with E-state index >= 15 is 0 Å². The quantitative estimate of drug-likeness (QED) is 0.598. The van der Waals surface area contributed by atoms with Crippen LogP contribution in [-0.4, -0.2) is 26.5 Å². The van der Waals surface area contributed by atoms with Gasteiger partial charge in [-0.2, -0.15) is 0 Å². The SMILES string of the molecule is CS(=O)(=O)N(CC(=O)Cl)c1ccc(I)cc1. The number of hydrogen-bond acceptors (Lipinski definition) is 3. The fraction of sp³-hybridized carbons (Fsp3) is 0.222. The van der Waals surface area contributed by atoms with Gasteiger partial charge in [-0.3, -0.25) is 9.10 Å². The number of halogens is 2. The minimum absolute atomic E-state index is 0.360. The average Bonchev–Trinajstić information content (AvgIpc) is 2.14. The van der Waals surface area contributed by atoms with Crippen molar-refractivity contribution in [1.82, 2.24) is 0 Å². The second-order valence-electron chi connectivity index (χ2n) is 3.10. The van der Waals surface area contributed by atoms with Crippen LogP contribution in [0.15, 0.2) is 24.3 Å². The average molecular weight is 374 g/mol. The molecule has 4 nitrogen and oxygen atoms in total. The molecule has 0 unspecified atom stereocenters. The summed E-state index contributed by atoms with van der Waals surface area (Å²) in [5.41, 5.74) is 0.428. The second kappa shape index (κ2) is 5.33. The van der Waals surface area contributed by atoms with E-state index in [2.05, 4.69) is 22.6 Å². The first kappa shape index (κ1) is 13.7. The summed E-state index contributed by atoms with van der Waals surface area (Å²) in [6.45, 7) is -0.360. The lowest BCUT2D eigenvalue weighted by Gasteiger charge is -2.20. The lowest BCUT2D eigenvalue weighted by atomic mass is 10.3. The number of sulfonamides is 1. The summed E-state index contributed by atoms with van der Waals surface area (Å²) in [4.78, 5) is 10.8. The Kier molecular flexibility index (Phi) is 4.57. The molecule has 0 saturated heterocycles. The molecule has 0 saturated carbocycles. The van der Waals surface area contributed by atoms with Crippen LogP contribution in [0, 0.1) is 3.57 Å². The highest BCUT2D eigenvalue weighted by molar-refractivity contribution is 14.1. The monoisotopic (exact) mass is 373 g/mol. The van der Waals surface area contributed by atoms with Gasteiger partial charge in [-0.05, 0) is 58.5 Å². The van der Waals surface area contributed by atoms with Gasteiger partial charge in [0.15, 0.2) is 0 Å². The molecule has 0 fully saturated rings. The largest absolute Gasteiger partial charge is 0.279 e. The summed E-state index contributed by atoms with van der Waals surface area (Å²) in [6.07, 6.45) is 1.03. The van der Waals surface area contributed by atoms with Crippen molar-refractivity contribution in [3.8, 4) is 0 Å². The standard InChI is InChI=1S/C9H9ClINO3S/c1-16(14,15)12(6-9(10)13)8-4-2-7(11)3-5-8/h2-5H,6H2,1H3. The zero-order valence-electron chi connectivity index (χ0n) is 8.35. The Morgan fingerprint density at radius 2 is 1.88 bits per heavy atom. The van der Waals surface area contributed by atoms with Crippen molar-refractivity contribution >= 4 is 55.1 Å². The van der Waals surface area contributed by atoms with E-state index in [1.54, 1.807) is 24.3 Å².